The van der Waals surface area contributed by atoms with Crippen molar-refractivity contribution in [3.05, 3.63) is 79.6 Å². The van der Waals surface area contributed by atoms with E-state index in [-0.39, 0.29) is 17.9 Å². The van der Waals surface area contributed by atoms with Crippen LogP contribution in [-0.4, -0.2) is 28.0 Å². The van der Waals surface area contributed by atoms with Crippen molar-refractivity contribution in [2.45, 2.75) is 20.4 Å². The van der Waals surface area contributed by atoms with Gasteiger partial charge in [0.05, 0.1) is 17.7 Å². The molecule has 0 aliphatic rings. The molecular formula is C21H19N3O6S. The average molecular weight is 441 g/mol. The number of esters is 1. The first-order valence-electron chi connectivity index (χ1n) is 9.32. The number of aromatic nitrogens is 1. The summed E-state index contributed by atoms with van der Waals surface area (Å²) in [7, 11) is 0. The minimum absolute atomic E-state index is 0.165. The lowest BCUT2D eigenvalue weighted by Gasteiger charge is -2.10. The summed E-state index contributed by atoms with van der Waals surface area (Å²) in [6.45, 7) is 3.24. The van der Waals surface area contributed by atoms with E-state index in [0.29, 0.717) is 10.6 Å². The Morgan fingerprint density at radius 2 is 1.90 bits per heavy atom. The summed E-state index contributed by atoms with van der Waals surface area (Å²) in [5.74, 6) is -1.18. The molecule has 9 nitrogen and oxygen atoms in total. The van der Waals surface area contributed by atoms with E-state index in [9.17, 15) is 24.5 Å². The summed E-state index contributed by atoms with van der Waals surface area (Å²) in [6, 6.07) is 11.3. The Hall–Kier alpha value is -3.79. The van der Waals surface area contributed by atoms with Crippen LogP contribution in [0, 0.1) is 17.0 Å². The number of nitrogens with zero attached hydrogens (tertiary/aromatic N) is 2. The fraction of sp³-hybridized carbons (Fsp3) is 0.190. The number of carbonyl (C=O) groups is 2. The van der Waals surface area contributed by atoms with E-state index in [2.05, 4.69) is 5.32 Å². The smallest absolute Gasteiger partial charge is 0.341 e. The monoisotopic (exact) mass is 441 g/mol. The Kier molecular flexibility index (Phi) is 6.61. The van der Waals surface area contributed by atoms with Crippen molar-refractivity contribution in [3.63, 3.8) is 0 Å². The van der Waals surface area contributed by atoms with E-state index in [1.54, 1.807) is 6.92 Å². The number of carbonyl (C=O) groups excluding carboxylic acids is 2. The predicted octanol–water partition coefficient (Wildman–Crippen LogP) is 3.61. The molecule has 0 spiro atoms. The molecule has 1 aromatic carbocycles. The summed E-state index contributed by atoms with van der Waals surface area (Å²) >= 11 is 1.21. The minimum Gasteiger partial charge on any atom is -0.462 e. The van der Waals surface area contributed by atoms with E-state index in [0.717, 1.165) is 33.3 Å². The van der Waals surface area contributed by atoms with Gasteiger partial charge in [-0.05, 0) is 19.4 Å². The second kappa shape index (κ2) is 9.35. The zero-order valence-electron chi connectivity index (χ0n) is 16.8. The minimum atomic E-state index is -0.651. The highest BCUT2D eigenvalue weighted by Gasteiger charge is 2.25. The molecule has 0 bridgehead atoms. The first-order chi connectivity index (χ1) is 14.8. The third-order valence-corrected chi connectivity index (χ3v) is 5.39. The Balaban J connectivity index is 1.95. The molecule has 0 radical (unpaired) electrons. The Morgan fingerprint density at radius 3 is 2.55 bits per heavy atom. The summed E-state index contributed by atoms with van der Waals surface area (Å²) in [6.07, 6.45) is 1.00. The quantitative estimate of drug-likeness (QED) is 0.340. The van der Waals surface area contributed by atoms with Crippen LogP contribution >= 0.6 is 11.3 Å². The van der Waals surface area contributed by atoms with Crippen molar-refractivity contribution in [3.8, 4) is 11.1 Å². The Labute approximate surface area is 181 Å². The maximum Gasteiger partial charge on any atom is 0.341 e. The largest absolute Gasteiger partial charge is 0.462 e. The molecule has 2 aromatic heterocycles. The third-order valence-electron chi connectivity index (χ3n) is 4.37. The normalized spacial score (nSPS) is 10.5. The van der Waals surface area contributed by atoms with Crippen molar-refractivity contribution in [2.24, 2.45) is 0 Å². The summed E-state index contributed by atoms with van der Waals surface area (Å²) in [5.41, 5.74) is 0.827. The topological polar surface area (TPSA) is 121 Å². The molecule has 3 aromatic rings. The fourth-order valence-electron chi connectivity index (χ4n) is 3.05. The number of nitro groups is 1. The number of hydrogen-bond donors (Lipinski definition) is 1. The van der Waals surface area contributed by atoms with E-state index in [1.165, 1.54) is 11.3 Å². The van der Waals surface area contributed by atoms with Gasteiger partial charge in [0.15, 0.2) is 0 Å². The molecule has 0 aliphatic carbocycles. The van der Waals surface area contributed by atoms with Crippen LogP contribution in [0.1, 0.15) is 22.2 Å². The molecule has 3 rings (SSSR count). The van der Waals surface area contributed by atoms with E-state index < -0.39 is 28.9 Å². The van der Waals surface area contributed by atoms with Gasteiger partial charge in [-0.2, -0.15) is 0 Å². The first-order valence-corrected chi connectivity index (χ1v) is 10.1. The number of ether oxygens (including phenoxy) is 1. The number of rotatable bonds is 7. The van der Waals surface area contributed by atoms with Gasteiger partial charge in [-0.15, -0.1) is 11.3 Å². The van der Waals surface area contributed by atoms with Gasteiger partial charge in [-0.25, -0.2) is 4.79 Å². The summed E-state index contributed by atoms with van der Waals surface area (Å²) < 4.78 is 6.13. The Bertz CT molecular complexity index is 1200. The molecular weight excluding hydrogens is 422 g/mol. The lowest BCUT2D eigenvalue weighted by molar-refractivity contribution is -0.385. The van der Waals surface area contributed by atoms with Gasteiger partial charge >= 0.3 is 5.97 Å². The number of benzene rings is 1. The number of aryl methyl sites for hydroxylation is 1. The van der Waals surface area contributed by atoms with Crippen molar-refractivity contribution in [2.75, 3.05) is 11.9 Å². The van der Waals surface area contributed by atoms with Crippen LogP contribution < -0.4 is 10.9 Å². The highest BCUT2D eigenvalue weighted by Crippen LogP contribution is 2.40. The summed E-state index contributed by atoms with van der Waals surface area (Å²) in [4.78, 5) is 48.4. The molecule has 0 atom stereocenters. The van der Waals surface area contributed by atoms with Crippen molar-refractivity contribution in [1.29, 1.82) is 0 Å². The second-order valence-electron chi connectivity index (χ2n) is 6.48. The molecule has 160 valence electrons. The molecule has 1 N–H and O–H groups in total. The molecule has 1 amide bonds. The number of pyridine rings is 1. The van der Waals surface area contributed by atoms with Crippen LogP contribution in [0.15, 0.2) is 53.5 Å². The molecule has 0 unspecified atom stereocenters. The highest BCUT2D eigenvalue weighted by molar-refractivity contribution is 7.17. The van der Waals surface area contributed by atoms with Gasteiger partial charge in [0.2, 0.25) is 5.91 Å². The molecule has 31 heavy (non-hydrogen) atoms. The summed E-state index contributed by atoms with van der Waals surface area (Å²) in [5, 5.41) is 13.9. The van der Waals surface area contributed by atoms with E-state index >= 15 is 0 Å². The van der Waals surface area contributed by atoms with Crippen LogP contribution in [0.5, 0.6) is 0 Å². The van der Waals surface area contributed by atoms with Crippen molar-refractivity contribution in [1.82, 2.24) is 4.57 Å². The van der Waals surface area contributed by atoms with Gasteiger partial charge in [-0.3, -0.25) is 24.3 Å². The second-order valence-corrected chi connectivity index (χ2v) is 7.71. The van der Waals surface area contributed by atoms with E-state index in [4.69, 9.17) is 4.74 Å². The first kappa shape index (κ1) is 21.9. The lowest BCUT2D eigenvalue weighted by atomic mass is 10.0. The van der Waals surface area contributed by atoms with Crippen molar-refractivity contribution < 1.29 is 19.2 Å². The highest BCUT2D eigenvalue weighted by atomic mass is 32.1. The van der Waals surface area contributed by atoms with Gasteiger partial charge in [0.25, 0.3) is 11.2 Å². The zero-order valence-corrected chi connectivity index (χ0v) is 17.6. The van der Waals surface area contributed by atoms with Crippen LogP contribution in [0.2, 0.25) is 0 Å². The molecule has 10 heteroatoms. The van der Waals surface area contributed by atoms with Crippen LogP contribution in [0.4, 0.5) is 10.7 Å². The Morgan fingerprint density at radius 1 is 1.19 bits per heavy atom. The SMILES string of the molecule is CCOC(=O)c1c(NC(=O)Cn2cc([N+](=O)[O-])ccc2=O)sc(C)c1-c1ccccc1. The average Bonchev–Trinajstić information content (AvgIpc) is 3.05. The molecule has 0 saturated carbocycles. The number of nitrogens with one attached hydrogen (secondary N) is 1. The number of hydrogen-bond acceptors (Lipinski definition) is 7. The fourth-order valence-corrected chi connectivity index (χ4v) is 4.13. The predicted molar refractivity (Wildman–Crippen MR) is 116 cm³/mol. The van der Waals surface area contributed by atoms with Crippen LogP contribution in [-0.2, 0) is 16.1 Å². The molecule has 0 aliphatic heterocycles. The van der Waals surface area contributed by atoms with Crippen molar-refractivity contribution >= 4 is 33.9 Å². The third kappa shape index (κ3) is 4.86. The van der Waals surface area contributed by atoms with Gasteiger partial charge < -0.3 is 10.1 Å². The lowest BCUT2D eigenvalue weighted by Crippen LogP contribution is -2.27. The maximum atomic E-state index is 12.7. The van der Waals surface area contributed by atoms with Gasteiger partial charge in [0, 0.05) is 22.6 Å². The maximum absolute atomic E-state index is 12.7. The van der Waals surface area contributed by atoms with E-state index in [1.807, 2.05) is 37.3 Å². The molecule has 0 fully saturated rings. The zero-order chi connectivity index (χ0) is 22.5. The number of amides is 1. The molecule has 0 saturated heterocycles. The van der Waals surface area contributed by atoms with Crippen LogP contribution in [0.25, 0.3) is 11.1 Å². The molecule has 2 heterocycles. The number of thiophene rings is 1. The number of anilines is 1. The standard InChI is InChI=1S/C21H19N3O6S/c1-3-30-21(27)19-18(14-7-5-4-6-8-14)13(2)31-20(19)22-16(25)12-23-11-15(24(28)29)9-10-17(23)26/h4-11H,3,12H2,1-2H3,(H,22,25). The van der Waals surface area contributed by atoms with Gasteiger partial charge in [0.1, 0.15) is 17.1 Å². The van der Waals surface area contributed by atoms with Crippen LogP contribution in [0.3, 0.4) is 0 Å². The van der Waals surface area contributed by atoms with Gasteiger partial charge in [-0.1, -0.05) is 30.3 Å².